The van der Waals surface area contributed by atoms with Gasteiger partial charge in [-0.15, -0.1) is 0 Å². The highest BCUT2D eigenvalue weighted by atomic mass is 16.6. The molecule has 0 heterocycles. The summed E-state index contributed by atoms with van der Waals surface area (Å²) in [4.78, 5) is 37.6. The number of nitrogens with one attached hydrogen (secondary N) is 3. The van der Waals surface area contributed by atoms with Crippen molar-refractivity contribution in [3.63, 3.8) is 0 Å². The molecule has 1 aliphatic rings. The number of alkyl carbamates (subject to hydrolysis) is 1. The van der Waals surface area contributed by atoms with Crippen molar-refractivity contribution in [1.82, 2.24) is 16.0 Å². The topological polar surface area (TPSA) is 106 Å². The molecule has 0 aromatic heterocycles. The van der Waals surface area contributed by atoms with Gasteiger partial charge in [-0.1, -0.05) is 51.1 Å². The van der Waals surface area contributed by atoms with Gasteiger partial charge in [0, 0.05) is 6.54 Å². The van der Waals surface area contributed by atoms with E-state index < -0.39 is 35.5 Å². The number of rotatable bonds is 10. The minimum Gasteiger partial charge on any atom is -0.467 e. The number of carbonyl (C=O) groups excluding carboxylic acids is 3. The van der Waals surface area contributed by atoms with Crippen LogP contribution in [0.15, 0.2) is 30.3 Å². The molecule has 2 atom stereocenters. The van der Waals surface area contributed by atoms with Crippen molar-refractivity contribution in [3.8, 4) is 0 Å². The third kappa shape index (κ3) is 8.49. The summed E-state index contributed by atoms with van der Waals surface area (Å²) in [5.41, 5.74) is 0.594. The van der Waals surface area contributed by atoms with E-state index in [0.717, 1.165) is 32.1 Å². The van der Waals surface area contributed by atoms with Gasteiger partial charge < -0.3 is 25.4 Å². The van der Waals surface area contributed by atoms with Crippen molar-refractivity contribution >= 4 is 18.0 Å². The number of hydrogen-bond donors (Lipinski definition) is 3. The average molecular weight is 448 g/mol. The number of methoxy groups -OCH3 is 1. The molecule has 0 bridgehead atoms. The summed E-state index contributed by atoms with van der Waals surface area (Å²) in [6, 6.07) is 8.24. The van der Waals surface area contributed by atoms with Crippen molar-refractivity contribution in [2.24, 2.45) is 5.41 Å². The van der Waals surface area contributed by atoms with Crippen LogP contribution < -0.4 is 16.0 Å². The Hall–Kier alpha value is -2.61. The predicted octanol–water partition coefficient (Wildman–Crippen LogP) is 2.56. The van der Waals surface area contributed by atoms with Gasteiger partial charge in [0.05, 0.1) is 7.11 Å². The van der Waals surface area contributed by atoms with E-state index in [-0.39, 0.29) is 12.6 Å². The van der Waals surface area contributed by atoms with Gasteiger partial charge >= 0.3 is 12.1 Å². The first-order valence-electron chi connectivity index (χ1n) is 11.3. The Balaban J connectivity index is 1.92. The van der Waals surface area contributed by atoms with Crippen LogP contribution in [0, 0.1) is 5.41 Å². The zero-order chi connectivity index (χ0) is 23.6. The fourth-order valence-corrected chi connectivity index (χ4v) is 3.70. The van der Waals surface area contributed by atoms with Crippen molar-refractivity contribution < 1.29 is 23.9 Å². The van der Waals surface area contributed by atoms with E-state index >= 15 is 0 Å². The lowest BCUT2D eigenvalue weighted by Crippen LogP contribution is -2.58. The van der Waals surface area contributed by atoms with E-state index in [1.54, 1.807) is 0 Å². The van der Waals surface area contributed by atoms with E-state index in [1.165, 1.54) is 12.7 Å². The van der Waals surface area contributed by atoms with Crippen molar-refractivity contribution in [1.29, 1.82) is 0 Å². The number of hydrogen-bond acceptors (Lipinski definition) is 6. The van der Waals surface area contributed by atoms with Gasteiger partial charge in [-0.05, 0) is 49.6 Å². The third-order valence-corrected chi connectivity index (χ3v) is 5.55. The first-order valence-corrected chi connectivity index (χ1v) is 11.3. The molecule has 2 amide bonds. The fraction of sp³-hybridized carbons (Fsp3) is 0.625. The van der Waals surface area contributed by atoms with E-state index in [2.05, 4.69) is 16.0 Å². The predicted molar refractivity (Wildman–Crippen MR) is 122 cm³/mol. The summed E-state index contributed by atoms with van der Waals surface area (Å²) in [5, 5.41) is 8.61. The standard InChI is InChI=1S/C24H37N3O5/c1-24(2,3)20(27-23(30)32-18-12-8-9-13-18)21(28)26-19(22(29)31-4)16-25-15-14-17-10-6-5-7-11-17/h5-7,10-11,18-20,25H,8-9,12-16H2,1-4H3,(H,26,28)(H,27,30)/t19-,20+/m0/s1. The molecule has 1 aromatic carbocycles. The molecule has 0 aliphatic heterocycles. The number of carbonyl (C=O) groups is 3. The minimum atomic E-state index is -0.874. The first-order chi connectivity index (χ1) is 15.2. The number of ether oxygens (including phenoxy) is 2. The van der Waals surface area contributed by atoms with E-state index in [1.807, 2.05) is 51.1 Å². The number of esters is 1. The molecule has 1 fully saturated rings. The van der Waals surface area contributed by atoms with Gasteiger partial charge in [0.1, 0.15) is 18.2 Å². The van der Waals surface area contributed by atoms with Gasteiger partial charge in [0.2, 0.25) is 5.91 Å². The Morgan fingerprint density at radius 1 is 1.06 bits per heavy atom. The molecule has 1 aromatic rings. The second-order valence-electron chi connectivity index (χ2n) is 9.28. The van der Waals surface area contributed by atoms with Crippen molar-refractivity contribution in [2.45, 2.75) is 71.1 Å². The highest BCUT2D eigenvalue weighted by Crippen LogP contribution is 2.23. The van der Waals surface area contributed by atoms with Crippen LogP contribution in [-0.4, -0.2) is 56.4 Å². The van der Waals surface area contributed by atoms with E-state index in [0.29, 0.717) is 6.54 Å². The second kappa shape index (κ2) is 12.4. The zero-order valence-corrected chi connectivity index (χ0v) is 19.6. The lowest BCUT2D eigenvalue weighted by Gasteiger charge is -2.31. The Kier molecular flexibility index (Phi) is 9.97. The Bertz CT molecular complexity index is 742. The van der Waals surface area contributed by atoms with E-state index in [9.17, 15) is 14.4 Å². The Labute approximate surface area is 190 Å². The van der Waals surface area contributed by atoms with Crippen LogP contribution in [0.3, 0.4) is 0 Å². The van der Waals surface area contributed by atoms with Crippen LogP contribution in [0.4, 0.5) is 4.79 Å². The molecule has 3 N–H and O–H groups in total. The third-order valence-electron chi connectivity index (χ3n) is 5.55. The van der Waals surface area contributed by atoms with Gasteiger partial charge in [0.15, 0.2) is 0 Å². The highest BCUT2D eigenvalue weighted by molar-refractivity contribution is 5.90. The van der Waals surface area contributed by atoms with Crippen LogP contribution >= 0.6 is 0 Å². The van der Waals surface area contributed by atoms with Gasteiger partial charge in [0.25, 0.3) is 0 Å². The van der Waals surface area contributed by atoms with Crippen LogP contribution in [0.25, 0.3) is 0 Å². The Morgan fingerprint density at radius 3 is 2.31 bits per heavy atom. The maximum Gasteiger partial charge on any atom is 0.408 e. The quantitative estimate of drug-likeness (QED) is 0.376. The zero-order valence-electron chi connectivity index (χ0n) is 19.6. The molecule has 8 heteroatoms. The lowest BCUT2D eigenvalue weighted by molar-refractivity contribution is -0.145. The van der Waals surface area contributed by atoms with Gasteiger partial charge in [-0.2, -0.15) is 0 Å². The lowest BCUT2D eigenvalue weighted by atomic mass is 9.86. The fourth-order valence-electron chi connectivity index (χ4n) is 3.70. The normalized spacial score (nSPS) is 16.1. The van der Waals surface area contributed by atoms with Crippen molar-refractivity contribution in [2.75, 3.05) is 20.2 Å². The second-order valence-corrected chi connectivity index (χ2v) is 9.28. The molecule has 32 heavy (non-hydrogen) atoms. The molecule has 0 spiro atoms. The SMILES string of the molecule is COC(=O)[C@H](CNCCc1ccccc1)NC(=O)[C@@H](NC(=O)OC1CCCC1)C(C)(C)C. The largest absolute Gasteiger partial charge is 0.467 e. The average Bonchev–Trinajstić information content (AvgIpc) is 3.26. The van der Waals surface area contributed by atoms with Crippen LogP contribution in [0.2, 0.25) is 0 Å². The molecule has 0 saturated heterocycles. The highest BCUT2D eigenvalue weighted by Gasteiger charge is 2.36. The smallest absolute Gasteiger partial charge is 0.408 e. The summed E-state index contributed by atoms with van der Waals surface area (Å²) in [7, 11) is 1.28. The summed E-state index contributed by atoms with van der Waals surface area (Å²) in [6.07, 6.45) is 3.86. The summed E-state index contributed by atoms with van der Waals surface area (Å²) in [5.74, 6) is -1.01. The first kappa shape index (κ1) is 25.6. The van der Waals surface area contributed by atoms with Crippen molar-refractivity contribution in [3.05, 3.63) is 35.9 Å². The van der Waals surface area contributed by atoms with Crippen LogP contribution in [0.1, 0.15) is 52.0 Å². The van der Waals surface area contributed by atoms with Gasteiger partial charge in [-0.25, -0.2) is 9.59 Å². The molecule has 2 rings (SSSR count). The van der Waals surface area contributed by atoms with Crippen LogP contribution in [0.5, 0.6) is 0 Å². The maximum atomic E-state index is 13.0. The summed E-state index contributed by atoms with van der Waals surface area (Å²) in [6.45, 7) is 6.39. The monoisotopic (exact) mass is 447 g/mol. The van der Waals surface area contributed by atoms with Gasteiger partial charge in [-0.3, -0.25) is 4.79 Å². The summed E-state index contributed by atoms with van der Waals surface area (Å²) < 4.78 is 10.3. The Morgan fingerprint density at radius 2 is 1.72 bits per heavy atom. The molecular formula is C24H37N3O5. The molecule has 0 unspecified atom stereocenters. The molecule has 0 radical (unpaired) electrons. The summed E-state index contributed by atoms with van der Waals surface area (Å²) >= 11 is 0. The van der Waals surface area contributed by atoms with Crippen LogP contribution in [-0.2, 0) is 25.5 Å². The molecule has 1 saturated carbocycles. The molecule has 1 aliphatic carbocycles. The maximum absolute atomic E-state index is 13.0. The number of benzene rings is 1. The molecule has 178 valence electrons. The number of amides is 2. The molecular weight excluding hydrogens is 410 g/mol. The molecule has 8 nitrogen and oxygen atoms in total. The van der Waals surface area contributed by atoms with E-state index in [4.69, 9.17) is 9.47 Å². The minimum absolute atomic E-state index is 0.102.